The van der Waals surface area contributed by atoms with Crippen LogP contribution in [-0.2, 0) is 23.8 Å². The highest BCUT2D eigenvalue weighted by Crippen LogP contribution is 2.43. The van der Waals surface area contributed by atoms with Gasteiger partial charge in [-0.2, -0.15) is 0 Å². The molecular weight excluding hydrogens is 376 g/mol. The summed E-state index contributed by atoms with van der Waals surface area (Å²) < 4.78 is 8.37. The number of piperidine rings is 1. The minimum atomic E-state index is -0.219. The number of aryl methyl sites for hydroxylation is 1. The number of para-hydroxylation sites is 1. The Morgan fingerprint density at radius 1 is 1.07 bits per heavy atom. The number of H-pyrrole nitrogens is 1. The van der Waals surface area contributed by atoms with E-state index < -0.39 is 0 Å². The van der Waals surface area contributed by atoms with Crippen molar-refractivity contribution in [2.75, 3.05) is 24.6 Å². The number of imidazole rings is 1. The number of hydrogen-bond acceptors (Lipinski definition) is 5. The van der Waals surface area contributed by atoms with Crippen molar-refractivity contribution >= 4 is 16.7 Å². The number of aromatic nitrogens is 5. The van der Waals surface area contributed by atoms with Gasteiger partial charge in [0.15, 0.2) is 11.6 Å². The molecule has 0 bridgehead atoms. The molecule has 1 fully saturated rings. The molecule has 1 aromatic carbocycles. The molecule has 5 heterocycles. The van der Waals surface area contributed by atoms with Crippen molar-refractivity contribution in [3.8, 4) is 11.5 Å². The zero-order valence-corrected chi connectivity index (χ0v) is 17.0. The van der Waals surface area contributed by atoms with E-state index in [0.29, 0.717) is 0 Å². The molecule has 2 aliphatic heterocycles. The first-order chi connectivity index (χ1) is 14.7. The van der Waals surface area contributed by atoms with Gasteiger partial charge in [-0.05, 0) is 43.0 Å². The molecule has 6 rings (SSSR count). The molecular formula is C23H24N6O. The van der Waals surface area contributed by atoms with Gasteiger partial charge in [0.25, 0.3) is 0 Å². The monoisotopic (exact) mass is 400 g/mol. The van der Waals surface area contributed by atoms with Gasteiger partial charge in [0.05, 0.1) is 12.3 Å². The molecule has 30 heavy (non-hydrogen) atoms. The summed E-state index contributed by atoms with van der Waals surface area (Å²) in [6.07, 6.45) is 6.55. The van der Waals surface area contributed by atoms with Gasteiger partial charge in [-0.1, -0.05) is 18.2 Å². The molecule has 0 unspecified atom stereocenters. The Kier molecular flexibility index (Phi) is 3.92. The number of hydrogen-bond donors (Lipinski definition) is 1. The highest BCUT2D eigenvalue weighted by atomic mass is 16.5. The molecule has 0 radical (unpaired) electrons. The van der Waals surface area contributed by atoms with Crippen molar-refractivity contribution in [1.82, 2.24) is 24.7 Å². The quantitative estimate of drug-likeness (QED) is 0.558. The summed E-state index contributed by atoms with van der Waals surface area (Å²) >= 11 is 0. The van der Waals surface area contributed by atoms with Crippen LogP contribution < -0.4 is 4.90 Å². The maximum Gasteiger partial charge on any atom is 0.160 e. The van der Waals surface area contributed by atoms with Crippen LogP contribution in [0.25, 0.3) is 22.4 Å². The first-order valence-electron chi connectivity index (χ1n) is 10.5. The number of anilines is 1. The molecule has 2 aliphatic rings. The summed E-state index contributed by atoms with van der Waals surface area (Å²) in [6.45, 7) is 2.57. The summed E-state index contributed by atoms with van der Waals surface area (Å²) in [5.41, 5.74) is 4.50. The van der Waals surface area contributed by atoms with Crippen molar-refractivity contribution in [2.24, 2.45) is 7.05 Å². The predicted octanol–water partition coefficient (Wildman–Crippen LogP) is 3.43. The van der Waals surface area contributed by atoms with E-state index in [1.807, 2.05) is 29.9 Å². The van der Waals surface area contributed by atoms with Gasteiger partial charge in [0, 0.05) is 43.4 Å². The third-order valence-corrected chi connectivity index (χ3v) is 6.60. The maximum atomic E-state index is 6.42. The fourth-order valence-corrected chi connectivity index (χ4v) is 4.99. The average Bonchev–Trinajstić information content (AvgIpc) is 3.39. The number of aromatic amines is 1. The third-order valence-electron chi connectivity index (χ3n) is 6.60. The average molecular weight is 400 g/mol. The zero-order valence-electron chi connectivity index (χ0n) is 17.0. The van der Waals surface area contributed by atoms with Gasteiger partial charge >= 0.3 is 0 Å². The van der Waals surface area contributed by atoms with Gasteiger partial charge in [-0.25, -0.2) is 4.98 Å². The van der Waals surface area contributed by atoms with E-state index in [9.17, 15) is 0 Å². The van der Waals surface area contributed by atoms with E-state index >= 15 is 0 Å². The minimum absolute atomic E-state index is 0.219. The molecule has 152 valence electrons. The van der Waals surface area contributed by atoms with Gasteiger partial charge in [-0.15, -0.1) is 10.2 Å². The van der Waals surface area contributed by atoms with Crippen LogP contribution in [0.5, 0.6) is 0 Å². The molecule has 1 N–H and O–H groups in total. The third kappa shape index (κ3) is 2.65. The second kappa shape index (κ2) is 6.67. The molecule has 4 aromatic rings. The first-order valence-corrected chi connectivity index (χ1v) is 10.5. The van der Waals surface area contributed by atoms with E-state index in [2.05, 4.69) is 49.3 Å². The lowest BCUT2D eigenvalue weighted by atomic mass is 9.83. The lowest BCUT2D eigenvalue weighted by Gasteiger charge is -2.44. The van der Waals surface area contributed by atoms with Crippen molar-refractivity contribution in [2.45, 2.75) is 24.9 Å². The van der Waals surface area contributed by atoms with Crippen LogP contribution in [0, 0.1) is 0 Å². The summed E-state index contributed by atoms with van der Waals surface area (Å²) in [5, 5.41) is 10.2. The number of nitrogens with zero attached hydrogens (tertiary/aromatic N) is 5. The smallest absolute Gasteiger partial charge is 0.160 e. The van der Waals surface area contributed by atoms with Crippen LogP contribution >= 0.6 is 0 Å². The SMILES string of the molecule is Cn1ccnc1-c1ccc(N2CCC3(CC2)OCCc2c3[nH]c3ccccc23)nn1. The molecule has 1 spiro atoms. The first kappa shape index (κ1) is 17.7. The lowest BCUT2D eigenvalue weighted by Crippen LogP contribution is -2.47. The van der Waals surface area contributed by atoms with Crippen LogP contribution in [0.15, 0.2) is 48.8 Å². The van der Waals surface area contributed by atoms with Gasteiger partial charge in [0.1, 0.15) is 11.3 Å². The van der Waals surface area contributed by atoms with Crippen molar-refractivity contribution in [3.05, 3.63) is 60.0 Å². The Hall–Kier alpha value is -3.19. The molecule has 7 nitrogen and oxygen atoms in total. The van der Waals surface area contributed by atoms with E-state index in [1.54, 1.807) is 6.20 Å². The topological polar surface area (TPSA) is 71.9 Å². The van der Waals surface area contributed by atoms with Crippen LogP contribution in [0.3, 0.4) is 0 Å². The predicted molar refractivity (Wildman–Crippen MR) is 115 cm³/mol. The van der Waals surface area contributed by atoms with E-state index in [-0.39, 0.29) is 5.60 Å². The molecule has 3 aromatic heterocycles. The number of rotatable bonds is 2. The summed E-state index contributed by atoms with van der Waals surface area (Å²) in [4.78, 5) is 10.3. The normalized spacial score (nSPS) is 18.1. The van der Waals surface area contributed by atoms with Gasteiger partial charge < -0.3 is 19.2 Å². The van der Waals surface area contributed by atoms with Gasteiger partial charge in [0.2, 0.25) is 0 Å². The van der Waals surface area contributed by atoms with E-state index in [1.165, 1.54) is 22.2 Å². The summed E-state index contributed by atoms with van der Waals surface area (Å²) in [7, 11) is 1.96. The van der Waals surface area contributed by atoms with Crippen LogP contribution in [-0.4, -0.2) is 44.4 Å². The molecule has 7 heteroatoms. The van der Waals surface area contributed by atoms with Crippen LogP contribution in [0.2, 0.25) is 0 Å². The largest absolute Gasteiger partial charge is 0.368 e. The Balaban J connectivity index is 1.24. The Bertz CT molecular complexity index is 1200. The van der Waals surface area contributed by atoms with E-state index in [4.69, 9.17) is 4.74 Å². The molecule has 0 saturated carbocycles. The fraction of sp³-hybridized carbons (Fsp3) is 0.348. The number of ether oxygens (including phenoxy) is 1. The van der Waals surface area contributed by atoms with Crippen LogP contribution in [0.1, 0.15) is 24.1 Å². The summed E-state index contributed by atoms with van der Waals surface area (Å²) in [6, 6.07) is 12.6. The molecule has 1 saturated heterocycles. The minimum Gasteiger partial charge on any atom is -0.368 e. The molecule has 0 atom stereocenters. The second-order valence-corrected chi connectivity index (χ2v) is 8.24. The lowest BCUT2D eigenvalue weighted by molar-refractivity contribution is -0.0791. The highest BCUT2D eigenvalue weighted by molar-refractivity contribution is 5.85. The Morgan fingerprint density at radius 2 is 1.93 bits per heavy atom. The standard InChI is InChI=1S/C23H24N6O/c1-28-14-11-24-22(28)19-6-7-20(27-26-19)29-12-9-23(10-13-29)21-17(8-15-30-23)16-4-2-3-5-18(16)25-21/h2-7,11,14,25H,8-10,12-13,15H2,1H3. The highest BCUT2D eigenvalue weighted by Gasteiger charge is 2.43. The van der Waals surface area contributed by atoms with Gasteiger partial charge in [-0.3, -0.25) is 0 Å². The Morgan fingerprint density at radius 3 is 2.70 bits per heavy atom. The Labute approximate surface area is 174 Å². The van der Waals surface area contributed by atoms with Crippen molar-refractivity contribution < 1.29 is 4.74 Å². The fourth-order valence-electron chi connectivity index (χ4n) is 4.99. The van der Waals surface area contributed by atoms with Crippen molar-refractivity contribution in [3.63, 3.8) is 0 Å². The van der Waals surface area contributed by atoms with Crippen molar-refractivity contribution in [1.29, 1.82) is 0 Å². The van der Waals surface area contributed by atoms with Crippen LogP contribution in [0.4, 0.5) is 5.82 Å². The molecule has 0 amide bonds. The number of nitrogens with one attached hydrogen (secondary N) is 1. The summed E-state index contributed by atoms with van der Waals surface area (Å²) in [5.74, 6) is 1.74. The molecule has 0 aliphatic carbocycles. The number of fused-ring (bicyclic) bond motifs is 4. The zero-order chi connectivity index (χ0) is 20.1. The van der Waals surface area contributed by atoms with E-state index in [0.717, 1.165) is 56.3 Å². The maximum absolute atomic E-state index is 6.42. The number of benzene rings is 1. The second-order valence-electron chi connectivity index (χ2n) is 8.24.